The number of rotatable bonds is 2. The summed E-state index contributed by atoms with van der Waals surface area (Å²) < 4.78 is 12.5. The molecule has 0 N–H and O–H groups in total. The largest absolute Gasteiger partial charge is 0.300 e. The Morgan fingerprint density at radius 1 is 1.42 bits per heavy atom. The van der Waals surface area contributed by atoms with Gasteiger partial charge in [0.15, 0.2) is 0 Å². The first kappa shape index (κ1) is 9.97. The summed E-state index contributed by atoms with van der Waals surface area (Å²) in [7, 11) is 0. The van der Waals surface area contributed by atoms with Gasteiger partial charge in [-0.05, 0) is 26.2 Å². The third-order valence-electron chi connectivity index (χ3n) is 2.72. The predicted molar refractivity (Wildman–Crippen MR) is 50.0 cm³/mol. The van der Waals surface area contributed by atoms with Gasteiger partial charge in [-0.2, -0.15) is 0 Å². The van der Waals surface area contributed by atoms with Crippen LogP contribution in [0.1, 0.15) is 27.2 Å². The summed E-state index contributed by atoms with van der Waals surface area (Å²) in [6.07, 6.45) is 1.07. The van der Waals surface area contributed by atoms with Crippen molar-refractivity contribution in [1.29, 1.82) is 0 Å². The standard InChI is InChI=1S/C10H20FN/c1-8(2)12-6-9(3)4-10(5-11)7-12/h8-10H,4-7H2,1-3H3. The number of hydrogen-bond donors (Lipinski definition) is 0. The van der Waals surface area contributed by atoms with Gasteiger partial charge in [-0.3, -0.25) is 4.39 Å². The highest BCUT2D eigenvalue weighted by molar-refractivity contribution is 4.78. The number of alkyl halides is 1. The third-order valence-corrected chi connectivity index (χ3v) is 2.72. The first-order chi connectivity index (χ1) is 5.63. The zero-order valence-corrected chi connectivity index (χ0v) is 8.39. The maximum Gasteiger partial charge on any atom is 0.0934 e. The minimum atomic E-state index is -0.145. The topological polar surface area (TPSA) is 3.24 Å². The molecule has 0 aromatic carbocycles. The molecule has 1 saturated heterocycles. The van der Waals surface area contributed by atoms with Gasteiger partial charge in [0, 0.05) is 25.0 Å². The van der Waals surface area contributed by atoms with Crippen LogP contribution in [0, 0.1) is 11.8 Å². The zero-order valence-electron chi connectivity index (χ0n) is 8.39. The van der Waals surface area contributed by atoms with E-state index in [1.54, 1.807) is 0 Å². The number of halogens is 1. The van der Waals surface area contributed by atoms with Crippen LogP contribution in [0.4, 0.5) is 4.39 Å². The Balaban J connectivity index is 2.45. The molecule has 0 amide bonds. The molecule has 0 saturated carbocycles. The molecule has 0 aliphatic carbocycles. The summed E-state index contributed by atoms with van der Waals surface area (Å²) in [6, 6.07) is 0.571. The van der Waals surface area contributed by atoms with E-state index in [0.717, 1.165) is 19.5 Å². The SMILES string of the molecule is CC1CC(CF)CN(C(C)C)C1. The number of hydrogen-bond acceptors (Lipinski definition) is 1. The van der Waals surface area contributed by atoms with Crippen LogP contribution in [-0.2, 0) is 0 Å². The quantitative estimate of drug-likeness (QED) is 0.619. The first-order valence-corrected chi connectivity index (χ1v) is 4.93. The number of likely N-dealkylation sites (tertiary alicyclic amines) is 1. The minimum absolute atomic E-state index is 0.145. The molecular formula is C10H20FN. The van der Waals surface area contributed by atoms with E-state index in [2.05, 4.69) is 25.7 Å². The van der Waals surface area contributed by atoms with E-state index in [1.165, 1.54) is 0 Å². The number of nitrogens with zero attached hydrogens (tertiary/aromatic N) is 1. The van der Waals surface area contributed by atoms with Crippen LogP contribution >= 0.6 is 0 Å². The molecule has 2 atom stereocenters. The Bertz CT molecular complexity index is 136. The van der Waals surface area contributed by atoms with Gasteiger partial charge in [0.1, 0.15) is 0 Å². The van der Waals surface area contributed by atoms with E-state index in [4.69, 9.17) is 0 Å². The minimum Gasteiger partial charge on any atom is -0.300 e. The normalized spacial score (nSPS) is 32.8. The van der Waals surface area contributed by atoms with Gasteiger partial charge in [0.2, 0.25) is 0 Å². The summed E-state index contributed by atoms with van der Waals surface area (Å²) in [5, 5.41) is 0. The Hall–Kier alpha value is -0.110. The van der Waals surface area contributed by atoms with Crippen molar-refractivity contribution >= 4 is 0 Å². The molecule has 1 rings (SSSR count). The second kappa shape index (κ2) is 4.22. The van der Waals surface area contributed by atoms with Gasteiger partial charge in [-0.25, -0.2) is 0 Å². The summed E-state index contributed by atoms with van der Waals surface area (Å²) in [5.41, 5.74) is 0. The molecule has 12 heavy (non-hydrogen) atoms. The van der Waals surface area contributed by atoms with Gasteiger partial charge in [0.05, 0.1) is 6.67 Å². The van der Waals surface area contributed by atoms with Crippen molar-refractivity contribution < 1.29 is 4.39 Å². The molecule has 0 bridgehead atoms. The molecule has 0 spiro atoms. The fourth-order valence-corrected chi connectivity index (χ4v) is 2.06. The molecule has 72 valence electrons. The van der Waals surface area contributed by atoms with Gasteiger partial charge in [0.25, 0.3) is 0 Å². The lowest BCUT2D eigenvalue weighted by Gasteiger charge is -2.37. The van der Waals surface area contributed by atoms with Crippen LogP contribution in [0.5, 0.6) is 0 Å². The molecule has 1 nitrogen and oxygen atoms in total. The van der Waals surface area contributed by atoms with Crippen LogP contribution in [-0.4, -0.2) is 30.7 Å². The smallest absolute Gasteiger partial charge is 0.0934 e. The van der Waals surface area contributed by atoms with Crippen molar-refractivity contribution in [1.82, 2.24) is 4.90 Å². The predicted octanol–water partition coefficient (Wildman–Crippen LogP) is 2.32. The van der Waals surface area contributed by atoms with E-state index < -0.39 is 0 Å². The van der Waals surface area contributed by atoms with Crippen molar-refractivity contribution in [2.45, 2.75) is 33.2 Å². The molecule has 1 aliphatic heterocycles. The Morgan fingerprint density at radius 3 is 2.58 bits per heavy atom. The second-order valence-electron chi connectivity index (χ2n) is 4.41. The second-order valence-corrected chi connectivity index (χ2v) is 4.41. The summed E-state index contributed by atoms with van der Waals surface area (Å²) in [4.78, 5) is 2.39. The average molecular weight is 173 g/mol. The fraction of sp³-hybridized carbons (Fsp3) is 1.00. The molecule has 0 aromatic rings. The average Bonchev–Trinajstić information content (AvgIpc) is 2.03. The van der Waals surface area contributed by atoms with Crippen molar-refractivity contribution in [3.05, 3.63) is 0 Å². The van der Waals surface area contributed by atoms with Crippen LogP contribution < -0.4 is 0 Å². The van der Waals surface area contributed by atoms with Crippen molar-refractivity contribution in [3.63, 3.8) is 0 Å². The molecular weight excluding hydrogens is 153 g/mol. The van der Waals surface area contributed by atoms with Crippen LogP contribution in [0.3, 0.4) is 0 Å². The fourth-order valence-electron chi connectivity index (χ4n) is 2.06. The van der Waals surface area contributed by atoms with Crippen LogP contribution in [0.25, 0.3) is 0 Å². The van der Waals surface area contributed by atoms with E-state index >= 15 is 0 Å². The van der Waals surface area contributed by atoms with E-state index in [-0.39, 0.29) is 12.6 Å². The van der Waals surface area contributed by atoms with Crippen molar-refractivity contribution in [2.24, 2.45) is 11.8 Å². The lowest BCUT2D eigenvalue weighted by Crippen LogP contribution is -2.43. The number of piperidine rings is 1. The zero-order chi connectivity index (χ0) is 9.14. The molecule has 2 unspecified atom stereocenters. The highest BCUT2D eigenvalue weighted by atomic mass is 19.1. The summed E-state index contributed by atoms with van der Waals surface area (Å²) in [5.74, 6) is 0.957. The van der Waals surface area contributed by atoms with E-state index in [1.807, 2.05) is 0 Å². The Labute approximate surface area is 74.9 Å². The lowest BCUT2D eigenvalue weighted by molar-refractivity contribution is 0.0905. The maximum atomic E-state index is 12.5. The third kappa shape index (κ3) is 2.44. The highest BCUT2D eigenvalue weighted by Crippen LogP contribution is 2.23. The van der Waals surface area contributed by atoms with Crippen molar-refractivity contribution in [2.75, 3.05) is 19.8 Å². The molecule has 0 aromatic heterocycles. The van der Waals surface area contributed by atoms with Gasteiger partial charge >= 0.3 is 0 Å². The van der Waals surface area contributed by atoms with Crippen LogP contribution in [0.15, 0.2) is 0 Å². The molecule has 0 radical (unpaired) electrons. The Kier molecular flexibility index (Phi) is 3.51. The van der Waals surface area contributed by atoms with Gasteiger partial charge < -0.3 is 4.90 Å². The van der Waals surface area contributed by atoms with Crippen LogP contribution in [0.2, 0.25) is 0 Å². The molecule has 1 heterocycles. The van der Waals surface area contributed by atoms with E-state index in [0.29, 0.717) is 12.0 Å². The summed E-state index contributed by atoms with van der Waals surface area (Å²) >= 11 is 0. The van der Waals surface area contributed by atoms with Crippen molar-refractivity contribution in [3.8, 4) is 0 Å². The van der Waals surface area contributed by atoms with E-state index in [9.17, 15) is 4.39 Å². The maximum absolute atomic E-state index is 12.5. The first-order valence-electron chi connectivity index (χ1n) is 4.93. The van der Waals surface area contributed by atoms with Gasteiger partial charge in [-0.1, -0.05) is 6.92 Å². The highest BCUT2D eigenvalue weighted by Gasteiger charge is 2.25. The Morgan fingerprint density at radius 2 is 2.08 bits per heavy atom. The summed E-state index contributed by atoms with van der Waals surface area (Å²) in [6.45, 7) is 8.55. The molecule has 2 heteroatoms. The monoisotopic (exact) mass is 173 g/mol. The molecule has 1 aliphatic rings. The van der Waals surface area contributed by atoms with Gasteiger partial charge in [-0.15, -0.1) is 0 Å². The lowest BCUT2D eigenvalue weighted by atomic mass is 9.90. The molecule has 1 fully saturated rings.